The van der Waals surface area contributed by atoms with Gasteiger partial charge in [-0.05, 0) is 24.5 Å². The number of carbonyl (C=O) groups excluding carboxylic acids is 1. The fourth-order valence-corrected chi connectivity index (χ4v) is 3.81. The zero-order chi connectivity index (χ0) is 15.6. The van der Waals surface area contributed by atoms with Gasteiger partial charge in [0.05, 0.1) is 11.1 Å². The summed E-state index contributed by atoms with van der Waals surface area (Å²) in [4.78, 5) is 12.6. The molecule has 21 heavy (non-hydrogen) atoms. The number of amides is 1. The van der Waals surface area contributed by atoms with Gasteiger partial charge in [0, 0.05) is 21.7 Å². The minimum Gasteiger partial charge on any atom is -0.391 e. The molecule has 0 fully saturated rings. The van der Waals surface area contributed by atoms with Crippen LogP contribution in [0.5, 0.6) is 0 Å². The molecular formula is C15H17Cl2NO2S. The minimum absolute atomic E-state index is 0.225. The van der Waals surface area contributed by atoms with Crippen molar-refractivity contribution < 1.29 is 9.90 Å². The first kappa shape index (κ1) is 16.6. The third-order valence-electron chi connectivity index (χ3n) is 3.04. The Morgan fingerprint density at radius 1 is 1.38 bits per heavy atom. The first-order valence-corrected chi connectivity index (χ1v) is 8.29. The van der Waals surface area contributed by atoms with Crippen LogP contribution >= 0.6 is 34.5 Å². The molecule has 6 heteroatoms. The summed E-state index contributed by atoms with van der Waals surface area (Å²) in [5.41, 5.74) is 0. The molecule has 1 aromatic heterocycles. The van der Waals surface area contributed by atoms with E-state index >= 15 is 0 Å². The number of benzene rings is 1. The lowest BCUT2D eigenvalue weighted by molar-refractivity contribution is 0.0904. The molecule has 0 aliphatic carbocycles. The third-order valence-corrected chi connectivity index (χ3v) is 4.93. The molecule has 0 aliphatic rings. The molecule has 1 heterocycles. The van der Waals surface area contributed by atoms with Gasteiger partial charge in [0.25, 0.3) is 5.91 Å². The predicted molar refractivity (Wildman–Crippen MR) is 89.6 cm³/mol. The van der Waals surface area contributed by atoms with E-state index in [1.165, 1.54) is 11.3 Å². The van der Waals surface area contributed by atoms with Crippen LogP contribution in [0.25, 0.3) is 10.1 Å². The largest absolute Gasteiger partial charge is 0.391 e. The maximum Gasteiger partial charge on any atom is 0.263 e. The van der Waals surface area contributed by atoms with Gasteiger partial charge in [-0.1, -0.05) is 43.1 Å². The van der Waals surface area contributed by atoms with E-state index < -0.39 is 6.10 Å². The van der Waals surface area contributed by atoms with E-state index in [0.717, 1.165) is 10.1 Å². The monoisotopic (exact) mass is 345 g/mol. The van der Waals surface area contributed by atoms with Gasteiger partial charge in [0.2, 0.25) is 0 Å². The molecule has 0 aliphatic heterocycles. The van der Waals surface area contributed by atoms with E-state index in [9.17, 15) is 9.90 Å². The number of fused-ring (bicyclic) bond motifs is 1. The van der Waals surface area contributed by atoms with Crippen LogP contribution in [-0.4, -0.2) is 23.7 Å². The number of halogens is 2. The van der Waals surface area contributed by atoms with Gasteiger partial charge < -0.3 is 10.4 Å². The molecule has 114 valence electrons. The van der Waals surface area contributed by atoms with E-state index in [4.69, 9.17) is 23.2 Å². The quantitative estimate of drug-likeness (QED) is 0.846. The van der Waals surface area contributed by atoms with Crippen molar-refractivity contribution in [1.82, 2.24) is 5.32 Å². The molecule has 2 aromatic rings. The number of nitrogens with one attached hydrogen (secondary N) is 1. The van der Waals surface area contributed by atoms with Crippen molar-refractivity contribution in [2.24, 2.45) is 5.92 Å². The Balaban J connectivity index is 2.11. The van der Waals surface area contributed by atoms with Crippen LogP contribution in [0.3, 0.4) is 0 Å². The number of hydrogen-bond acceptors (Lipinski definition) is 3. The number of aliphatic hydroxyl groups excluding tert-OH is 1. The summed E-state index contributed by atoms with van der Waals surface area (Å²) in [5, 5.41) is 14.4. The van der Waals surface area contributed by atoms with E-state index in [2.05, 4.69) is 5.32 Å². The Hall–Kier alpha value is -0.810. The maximum atomic E-state index is 12.2. The molecule has 1 atom stereocenters. The van der Waals surface area contributed by atoms with Crippen LogP contribution < -0.4 is 5.32 Å². The first-order chi connectivity index (χ1) is 9.88. The van der Waals surface area contributed by atoms with Crippen LogP contribution in [0.15, 0.2) is 18.2 Å². The van der Waals surface area contributed by atoms with Crippen molar-refractivity contribution >= 4 is 50.5 Å². The molecule has 2 N–H and O–H groups in total. The molecule has 3 nitrogen and oxygen atoms in total. The first-order valence-electron chi connectivity index (χ1n) is 6.72. The van der Waals surface area contributed by atoms with Crippen molar-refractivity contribution in [3.63, 3.8) is 0 Å². The van der Waals surface area contributed by atoms with Crippen molar-refractivity contribution in [1.29, 1.82) is 0 Å². The number of carbonyl (C=O) groups is 1. The van der Waals surface area contributed by atoms with Gasteiger partial charge in [-0.3, -0.25) is 4.79 Å². The Labute approximate surface area is 137 Å². The Morgan fingerprint density at radius 2 is 2.10 bits per heavy atom. The highest BCUT2D eigenvalue weighted by Crippen LogP contribution is 2.36. The summed E-state index contributed by atoms with van der Waals surface area (Å²) in [6.07, 6.45) is 0.104. The van der Waals surface area contributed by atoms with Crippen LogP contribution in [0, 0.1) is 5.92 Å². The fourth-order valence-electron chi connectivity index (χ4n) is 2.10. The van der Waals surface area contributed by atoms with Crippen molar-refractivity contribution in [2.75, 3.05) is 6.54 Å². The number of hydrogen-bond donors (Lipinski definition) is 2. The number of aliphatic hydroxyl groups is 1. The van der Waals surface area contributed by atoms with Gasteiger partial charge in [0.15, 0.2) is 0 Å². The minimum atomic E-state index is -0.545. The van der Waals surface area contributed by atoms with Gasteiger partial charge in [-0.2, -0.15) is 0 Å². The summed E-state index contributed by atoms with van der Waals surface area (Å²) < 4.78 is 0.875. The highest BCUT2D eigenvalue weighted by molar-refractivity contribution is 7.21. The molecule has 0 spiro atoms. The lowest BCUT2D eigenvalue weighted by atomic mass is 10.1. The van der Waals surface area contributed by atoms with E-state index in [-0.39, 0.29) is 12.5 Å². The van der Waals surface area contributed by atoms with E-state index in [1.54, 1.807) is 18.2 Å². The maximum absolute atomic E-state index is 12.2. The van der Waals surface area contributed by atoms with Gasteiger partial charge in [0.1, 0.15) is 4.88 Å². The summed E-state index contributed by atoms with van der Waals surface area (Å²) >= 11 is 13.5. The van der Waals surface area contributed by atoms with Crippen molar-refractivity contribution in [2.45, 2.75) is 26.4 Å². The van der Waals surface area contributed by atoms with Crippen LogP contribution in [0.4, 0.5) is 0 Å². The summed E-state index contributed by atoms with van der Waals surface area (Å²) in [5.74, 6) is 0.118. The zero-order valence-corrected chi connectivity index (χ0v) is 14.1. The standard InChI is InChI=1S/C15H17Cl2NO2S/c1-8(2)5-10(19)7-18-15(20)14-13(17)11-4-3-9(16)6-12(11)21-14/h3-4,6,8,10,19H,5,7H2,1-2H3,(H,18,20). The molecule has 0 radical (unpaired) electrons. The predicted octanol–water partition coefficient (Wildman–Crippen LogP) is 4.34. The molecule has 0 bridgehead atoms. The average Bonchev–Trinajstić information content (AvgIpc) is 2.72. The van der Waals surface area contributed by atoms with Crippen LogP contribution in [0.1, 0.15) is 29.9 Å². The van der Waals surface area contributed by atoms with Crippen LogP contribution in [0.2, 0.25) is 10.0 Å². The second-order valence-corrected chi connectivity index (χ2v) is 7.25. The lowest BCUT2D eigenvalue weighted by Gasteiger charge is -2.13. The van der Waals surface area contributed by atoms with E-state index in [0.29, 0.717) is 27.3 Å². The molecule has 2 rings (SSSR count). The lowest BCUT2D eigenvalue weighted by Crippen LogP contribution is -2.32. The summed E-state index contributed by atoms with van der Waals surface area (Å²) in [7, 11) is 0. The average molecular weight is 346 g/mol. The normalized spacial score (nSPS) is 12.9. The van der Waals surface area contributed by atoms with Gasteiger partial charge >= 0.3 is 0 Å². The second-order valence-electron chi connectivity index (χ2n) is 5.38. The highest BCUT2D eigenvalue weighted by Gasteiger charge is 2.18. The van der Waals surface area contributed by atoms with Gasteiger partial charge in [-0.25, -0.2) is 0 Å². The van der Waals surface area contributed by atoms with Crippen molar-refractivity contribution in [3.05, 3.63) is 33.1 Å². The zero-order valence-electron chi connectivity index (χ0n) is 11.8. The molecule has 0 saturated heterocycles. The fraction of sp³-hybridized carbons (Fsp3) is 0.400. The third kappa shape index (κ3) is 4.10. The van der Waals surface area contributed by atoms with Gasteiger partial charge in [-0.15, -0.1) is 11.3 Å². The molecule has 1 aromatic carbocycles. The Kier molecular flexibility index (Phi) is 5.49. The number of rotatable bonds is 5. The molecule has 1 unspecified atom stereocenters. The molecule has 0 saturated carbocycles. The van der Waals surface area contributed by atoms with Crippen LogP contribution in [-0.2, 0) is 0 Å². The van der Waals surface area contributed by atoms with E-state index in [1.807, 2.05) is 13.8 Å². The van der Waals surface area contributed by atoms with Crippen molar-refractivity contribution in [3.8, 4) is 0 Å². The Morgan fingerprint density at radius 3 is 2.76 bits per heavy atom. The molecular weight excluding hydrogens is 329 g/mol. The molecule has 1 amide bonds. The summed E-state index contributed by atoms with van der Waals surface area (Å²) in [6, 6.07) is 5.34. The SMILES string of the molecule is CC(C)CC(O)CNC(=O)c1sc2cc(Cl)ccc2c1Cl. The summed E-state index contributed by atoms with van der Waals surface area (Å²) in [6.45, 7) is 4.28. The topological polar surface area (TPSA) is 49.3 Å². The highest BCUT2D eigenvalue weighted by atomic mass is 35.5. The smallest absolute Gasteiger partial charge is 0.263 e. The number of thiophene rings is 1. The second kappa shape index (κ2) is 6.97. The Bertz CT molecular complexity index is 654.